The van der Waals surface area contributed by atoms with Gasteiger partial charge in [-0.3, -0.25) is 9.59 Å². The second-order valence-corrected chi connectivity index (χ2v) is 12.4. The molecule has 0 bridgehead atoms. The Hall–Kier alpha value is -2.10. The average molecular weight is 615 g/mol. The van der Waals surface area contributed by atoms with Crippen LogP contribution in [0, 0.1) is 0 Å². The number of carbonyl (C=O) groups is 2. The summed E-state index contributed by atoms with van der Waals surface area (Å²) in [6.07, 6.45) is 47.0. The second kappa shape index (κ2) is 35.4. The monoisotopic (exact) mass is 615 g/mol. The number of hydrogen-bond donors (Lipinski definition) is 1. The molecular weight excluding hydrogens is 544 g/mol. The van der Waals surface area contributed by atoms with Crippen molar-refractivity contribution in [2.75, 3.05) is 0 Å². The van der Waals surface area contributed by atoms with Crippen molar-refractivity contribution in [3.63, 3.8) is 0 Å². The third kappa shape index (κ3) is 34.4. The fourth-order valence-electron chi connectivity index (χ4n) is 5.35. The van der Waals surface area contributed by atoms with Gasteiger partial charge in [-0.1, -0.05) is 146 Å². The highest BCUT2D eigenvalue weighted by Gasteiger charge is 2.14. The number of allylic oxidation sites excluding steroid dienone is 8. The van der Waals surface area contributed by atoms with Crippen molar-refractivity contribution in [1.29, 1.82) is 0 Å². The highest BCUT2D eigenvalue weighted by Crippen LogP contribution is 2.18. The number of esters is 1. The molecule has 1 N–H and O–H groups in total. The topological polar surface area (TPSA) is 63.6 Å². The number of unbranched alkanes of at least 4 members (excludes halogenated alkanes) is 16. The van der Waals surface area contributed by atoms with E-state index in [1.807, 2.05) is 0 Å². The van der Waals surface area contributed by atoms with E-state index in [9.17, 15) is 9.59 Å². The third-order valence-electron chi connectivity index (χ3n) is 8.07. The highest BCUT2D eigenvalue weighted by molar-refractivity contribution is 5.69. The van der Waals surface area contributed by atoms with Crippen LogP contribution in [0.5, 0.6) is 0 Å². The Bertz CT molecular complexity index is 748. The van der Waals surface area contributed by atoms with Crippen LogP contribution in [0.25, 0.3) is 0 Å². The predicted octanol–water partition coefficient (Wildman–Crippen LogP) is 12.8. The van der Waals surface area contributed by atoms with Crippen LogP contribution in [0.15, 0.2) is 48.6 Å². The molecule has 0 aromatic carbocycles. The summed E-state index contributed by atoms with van der Waals surface area (Å²) in [5.41, 5.74) is 0. The van der Waals surface area contributed by atoms with Crippen molar-refractivity contribution in [3.05, 3.63) is 48.6 Å². The number of rotatable bonds is 33. The largest absolute Gasteiger partial charge is 0.481 e. The number of ether oxygens (including phenoxy) is 1. The number of aliphatic carboxylic acids is 1. The molecule has 0 amide bonds. The molecule has 1 unspecified atom stereocenters. The van der Waals surface area contributed by atoms with Crippen LogP contribution in [-0.2, 0) is 14.3 Å². The molecule has 0 saturated heterocycles. The quantitative estimate of drug-likeness (QED) is 0.0454. The molecule has 0 spiro atoms. The van der Waals surface area contributed by atoms with Gasteiger partial charge < -0.3 is 9.84 Å². The van der Waals surface area contributed by atoms with Gasteiger partial charge in [0, 0.05) is 12.8 Å². The van der Waals surface area contributed by atoms with Crippen LogP contribution >= 0.6 is 0 Å². The average Bonchev–Trinajstić information content (AvgIpc) is 3.00. The van der Waals surface area contributed by atoms with Gasteiger partial charge >= 0.3 is 11.9 Å². The normalized spacial score (nSPS) is 12.8. The lowest BCUT2D eigenvalue weighted by atomic mass is 10.0. The Balaban J connectivity index is 3.95. The number of carbonyl (C=O) groups excluding carboxylic acids is 1. The molecule has 254 valence electrons. The van der Waals surface area contributed by atoms with Crippen molar-refractivity contribution >= 4 is 11.9 Å². The minimum atomic E-state index is -0.704. The summed E-state index contributed by atoms with van der Waals surface area (Å²) in [6.45, 7) is 4.41. The number of hydrogen-bond acceptors (Lipinski definition) is 3. The molecule has 44 heavy (non-hydrogen) atoms. The zero-order valence-electron chi connectivity index (χ0n) is 29.0. The molecule has 1 atom stereocenters. The standard InChI is InChI=1S/C40H70O4/c1-3-5-7-9-11-12-13-14-15-16-17-18-19-20-21-22-24-29-33-37-40(43)44-38(34-30-26-23-10-8-6-4-2)35-31-27-25-28-32-36-39(41)42/h5,7,11-12,14-15,17-18,38H,3-4,6,8-10,13,16,19-37H2,1-2H3,(H,41,42)/b7-5-,12-11-,15-14-,18-17-. The van der Waals surface area contributed by atoms with Crippen LogP contribution in [0.2, 0.25) is 0 Å². The van der Waals surface area contributed by atoms with Gasteiger partial charge in [-0.25, -0.2) is 0 Å². The van der Waals surface area contributed by atoms with Crippen LogP contribution < -0.4 is 0 Å². The fraction of sp³-hybridized carbons (Fsp3) is 0.750. The third-order valence-corrected chi connectivity index (χ3v) is 8.07. The van der Waals surface area contributed by atoms with Crippen LogP contribution in [0.4, 0.5) is 0 Å². The minimum absolute atomic E-state index is 0.0151. The van der Waals surface area contributed by atoms with E-state index in [2.05, 4.69) is 62.5 Å². The first kappa shape index (κ1) is 41.9. The molecule has 4 heteroatoms. The Morgan fingerprint density at radius 2 is 0.955 bits per heavy atom. The van der Waals surface area contributed by atoms with Gasteiger partial charge in [-0.15, -0.1) is 0 Å². The molecule has 0 aliphatic rings. The smallest absolute Gasteiger partial charge is 0.306 e. The zero-order valence-corrected chi connectivity index (χ0v) is 29.0. The lowest BCUT2D eigenvalue weighted by molar-refractivity contribution is -0.150. The SMILES string of the molecule is CC/C=C\C/C=C\C/C=C\C/C=C\CCCCCCCCC(=O)OC(CCCCCCCCC)CCCCCCCC(=O)O. The van der Waals surface area contributed by atoms with E-state index < -0.39 is 5.97 Å². The Morgan fingerprint density at radius 1 is 0.523 bits per heavy atom. The summed E-state index contributed by atoms with van der Waals surface area (Å²) >= 11 is 0. The molecule has 0 fully saturated rings. The summed E-state index contributed by atoms with van der Waals surface area (Å²) in [4.78, 5) is 23.3. The summed E-state index contributed by atoms with van der Waals surface area (Å²) in [7, 11) is 0. The Labute approximate surface area is 272 Å². The van der Waals surface area contributed by atoms with E-state index in [0.717, 1.165) is 96.3 Å². The van der Waals surface area contributed by atoms with Crippen LogP contribution in [0.1, 0.15) is 187 Å². The molecule has 0 saturated carbocycles. The molecule has 0 aliphatic heterocycles. The molecule has 0 aromatic heterocycles. The first-order valence-electron chi connectivity index (χ1n) is 18.6. The minimum Gasteiger partial charge on any atom is -0.481 e. The van der Waals surface area contributed by atoms with Gasteiger partial charge in [0.15, 0.2) is 0 Å². The van der Waals surface area contributed by atoms with Crippen LogP contribution in [0.3, 0.4) is 0 Å². The number of carboxylic acid groups (broad SMARTS) is 1. The van der Waals surface area contributed by atoms with Crippen LogP contribution in [-0.4, -0.2) is 23.1 Å². The maximum absolute atomic E-state index is 12.6. The van der Waals surface area contributed by atoms with Gasteiger partial charge in [0.25, 0.3) is 0 Å². The molecule has 0 radical (unpaired) electrons. The lowest BCUT2D eigenvalue weighted by Gasteiger charge is -2.18. The maximum atomic E-state index is 12.6. The Morgan fingerprint density at radius 3 is 1.48 bits per heavy atom. The van der Waals surface area contributed by atoms with E-state index in [1.54, 1.807) is 0 Å². The number of carboxylic acids is 1. The summed E-state index contributed by atoms with van der Waals surface area (Å²) < 4.78 is 5.96. The lowest BCUT2D eigenvalue weighted by Crippen LogP contribution is -2.18. The van der Waals surface area contributed by atoms with E-state index >= 15 is 0 Å². The van der Waals surface area contributed by atoms with Crippen molar-refractivity contribution in [2.24, 2.45) is 0 Å². The fourth-order valence-corrected chi connectivity index (χ4v) is 5.35. The van der Waals surface area contributed by atoms with Gasteiger partial charge in [0.05, 0.1) is 0 Å². The molecule has 0 aliphatic carbocycles. The van der Waals surface area contributed by atoms with E-state index in [0.29, 0.717) is 6.42 Å². The highest BCUT2D eigenvalue weighted by atomic mass is 16.5. The zero-order chi connectivity index (χ0) is 32.2. The maximum Gasteiger partial charge on any atom is 0.306 e. The van der Waals surface area contributed by atoms with Crippen molar-refractivity contribution in [2.45, 2.75) is 193 Å². The molecular formula is C40H70O4. The summed E-state index contributed by atoms with van der Waals surface area (Å²) in [5.74, 6) is -0.719. The van der Waals surface area contributed by atoms with Gasteiger partial charge in [-0.2, -0.15) is 0 Å². The van der Waals surface area contributed by atoms with E-state index in [4.69, 9.17) is 9.84 Å². The van der Waals surface area contributed by atoms with Crippen molar-refractivity contribution in [1.82, 2.24) is 0 Å². The molecule has 0 rings (SSSR count). The Kier molecular flexibility index (Phi) is 33.7. The van der Waals surface area contributed by atoms with E-state index in [-0.39, 0.29) is 18.5 Å². The summed E-state index contributed by atoms with van der Waals surface area (Å²) in [6, 6.07) is 0. The van der Waals surface area contributed by atoms with Gasteiger partial charge in [0.1, 0.15) is 6.10 Å². The first-order valence-corrected chi connectivity index (χ1v) is 18.6. The molecule has 0 aromatic rings. The second-order valence-electron chi connectivity index (χ2n) is 12.4. The first-order chi connectivity index (χ1) is 21.6. The van der Waals surface area contributed by atoms with E-state index in [1.165, 1.54) is 64.2 Å². The molecule has 4 nitrogen and oxygen atoms in total. The molecule has 0 heterocycles. The predicted molar refractivity (Wildman–Crippen MR) is 190 cm³/mol. The van der Waals surface area contributed by atoms with Gasteiger partial charge in [0.2, 0.25) is 0 Å². The summed E-state index contributed by atoms with van der Waals surface area (Å²) in [5, 5.41) is 8.78. The van der Waals surface area contributed by atoms with Gasteiger partial charge in [-0.05, 0) is 77.0 Å². The van der Waals surface area contributed by atoms with Crippen molar-refractivity contribution < 1.29 is 19.4 Å². The van der Waals surface area contributed by atoms with Crippen molar-refractivity contribution in [3.8, 4) is 0 Å².